The zero-order valence-corrected chi connectivity index (χ0v) is 8.95. The Kier molecular flexibility index (Phi) is 4.17. The number of terminal acetylenes is 1. The molecule has 0 aromatic heterocycles. The third kappa shape index (κ3) is 4.50. The standard InChI is InChI=1S/C11H16N2O2/c1-3-6-13(8-10-4-5-10)11(15)7-12-9(2)14/h1,10H,4-8H2,2H3,(H,12,14). The topological polar surface area (TPSA) is 49.4 Å². The van der Waals surface area contributed by atoms with Crippen molar-refractivity contribution in [1.29, 1.82) is 0 Å². The summed E-state index contributed by atoms with van der Waals surface area (Å²) >= 11 is 0. The Hall–Kier alpha value is -1.50. The van der Waals surface area contributed by atoms with Crippen molar-refractivity contribution in [3.05, 3.63) is 0 Å². The molecule has 2 amide bonds. The van der Waals surface area contributed by atoms with Gasteiger partial charge in [0.25, 0.3) is 0 Å². The van der Waals surface area contributed by atoms with Crippen molar-refractivity contribution in [2.24, 2.45) is 5.92 Å². The van der Waals surface area contributed by atoms with E-state index in [9.17, 15) is 9.59 Å². The second-order valence-corrected chi connectivity index (χ2v) is 3.83. The van der Waals surface area contributed by atoms with Crippen molar-refractivity contribution in [2.45, 2.75) is 19.8 Å². The Balaban J connectivity index is 2.35. The smallest absolute Gasteiger partial charge is 0.242 e. The first-order valence-electron chi connectivity index (χ1n) is 5.09. The molecule has 1 fully saturated rings. The molecule has 1 aliphatic rings. The monoisotopic (exact) mass is 208 g/mol. The van der Waals surface area contributed by atoms with Gasteiger partial charge in [0.2, 0.25) is 11.8 Å². The van der Waals surface area contributed by atoms with Crippen LogP contribution in [0.25, 0.3) is 0 Å². The second-order valence-electron chi connectivity index (χ2n) is 3.83. The minimum absolute atomic E-state index is 0.0454. The van der Waals surface area contributed by atoms with E-state index in [2.05, 4.69) is 11.2 Å². The van der Waals surface area contributed by atoms with E-state index in [1.165, 1.54) is 19.8 Å². The predicted molar refractivity (Wildman–Crippen MR) is 56.8 cm³/mol. The SMILES string of the molecule is C#CCN(CC1CC1)C(=O)CNC(C)=O. The summed E-state index contributed by atoms with van der Waals surface area (Å²) in [7, 11) is 0. The van der Waals surface area contributed by atoms with E-state index in [0.29, 0.717) is 12.5 Å². The molecule has 0 spiro atoms. The summed E-state index contributed by atoms with van der Waals surface area (Å²) in [6, 6.07) is 0. The third-order valence-corrected chi connectivity index (χ3v) is 2.30. The highest BCUT2D eigenvalue weighted by atomic mass is 16.2. The molecule has 4 heteroatoms. The molecule has 0 saturated heterocycles. The van der Waals surface area contributed by atoms with Crippen LogP contribution in [0.2, 0.25) is 0 Å². The van der Waals surface area contributed by atoms with Crippen LogP contribution in [-0.4, -0.2) is 36.3 Å². The molecule has 0 aromatic rings. The van der Waals surface area contributed by atoms with Crippen molar-refractivity contribution in [1.82, 2.24) is 10.2 Å². The largest absolute Gasteiger partial charge is 0.347 e. The van der Waals surface area contributed by atoms with Gasteiger partial charge >= 0.3 is 0 Å². The van der Waals surface area contributed by atoms with Gasteiger partial charge in [0.15, 0.2) is 0 Å². The van der Waals surface area contributed by atoms with Crippen molar-refractivity contribution < 1.29 is 9.59 Å². The second kappa shape index (κ2) is 5.40. The van der Waals surface area contributed by atoms with E-state index in [0.717, 1.165) is 6.54 Å². The third-order valence-electron chi connectivity index (χ3n) is 2.30. The number of nitrogens with one attached hydrogen (secondary N) is 1. The first-order chi connectivity index (χ1) is 7.13. The lowest BCUT2D eigenvalue weighted by Crippen LogP contribution is -2.40. The fourth-order valence-corrected chi connectivity index (χ4v) is 1.29. The number of carbonyl (C=O) groups excluding carboxylic acids is 2. The average Bonchev–Trinajstić information content (AvgIpc) is 2.97. The van der Waals surface area contributed by atoms with Crippen LogP contribution < -0.4 is 5.32 Å². The van der Waals surface area contributed by atoms with Crippen molar-refractivity contribution >= 4 is 11.8 Å². The lowest BCUT2D eigenvalue weighted by molar-refractivity contribution is -0.132. The van der Waals surface area contributed by atoms with Gasteiger partial charge in [0, 0.05) is 13.5 Å². The van der Waals surface area contributed by atoms with Crippen LogP contribution in [0, 0.1) is 18.3 Å². The maximum Gasteiger partial charge on any atom is 0.242 e. The number of hydrogen-bond donors (Lipinski definition) is 1. The molecule has 1 N–H and O–H groups in total. The first-order valence-corrected chi connectivity index (χ1v) is 5.09. The van der Waals surface area contributed by atoms with Gasteiger partial charge in [-0.2, -0.15) is 0 Å². The molecule has 4 nitrogen and oxygen atoms in total. The molecule has 1 saturated carbocycles. The van der Waals surface area contributed by atoms with E-state index >= 15 is 0 Å². The minimum atomic E-state index is -0.199. The molecule has 0 aromatic carbocycles. The van der Waals surface area contributed by atoms with Crippen LogP contribution in [0.5, 0.6) is 0 Å². The number of amides is 2. The molecule has 0 aliphatic heterocycles. The molecule has 0 atom stereocenters. The molecule has 0 bridgehead atoms. The first kappa shape index (κ1) is 11.6. The van der Waals surface area contributed by atoms with Crippen molar-refractivity contribution in [3.63, 3.8) is 0 Å². The van der Waals surface area contributed by atoms with Crippen molar-refractivity contribution in [2.75, 3.05) is 19.6 Å². The van der Waals surface area contributed by atoms with E-state index in [1.54, 1.807) is 4.90 Å². The Labute approximate surface area is 90.0 Å². The molecule has 82 valence electrons. The lowest BCUT2D eigenvalue weighted by Gasteiger charge is -2.19. The normalized spacial score (nSPS) is 14.1. The van der Waals surface area contributed by atoms with Gasteiger partial charge in [0.1, 0.15) is 0 Å². The summed E-state index contributed by atoms with van der Waals surface area (Å²) in [6.45, 7) is 2.49. The van der Waals surface area contributed by atoms with Gasteiger partial charge in [0.05, 0.1) is 13.1 Å². The van der Waals surface area contributed by atoms with Gasteiger partial charge in [-0.25, -0.2) is 0 Å². The molecular weight excluding hydrogens is 192 g/mol. The molecule has 0 radical (unpaired) electrons. The van der Waals surface area contributed by atoms with Gasteiger partial charge in [-0.15, -0.1) is 6.42 Å². The Bertz CT molecular complexity index is 289. The summed E-state index contributed by atoms with van der Waals surface area (Å²) in [6.07, 6.45) is 7.54. The Morgan fingerprint density at radius 3 is 2.67 bits per heavy atom. The number of carbonyl (C=O) groups is 2. The molecular formula is C11H16N2O2. The summed E-state index contributed by atoms with van der Waals surface area (Å²) in [5.74, 6) is 2.77. The molecule has 0 unspecified atom stereocenters. The predicted octanol–water partition coefficient (Wildman–Crippen LogP) is -0.00570. The summed E-state index contributed by atoms with van der Waals surface area (Å²) in [4.78, 5) is 23.9. The maximum absolute atomic E-state index is 11.6. The fraction of sp³-hybridized carbons (Fsp3) is 0.636. The quantitative estimate of drug-likeness (QED) is 0.646. The van der Waals surface area contributed by atoms with E-state index < -0.39 is 0 Å². The maximum atomic E-state index is 11.6. The highest BCUT2D eigenvalue weighted by Gasteiger charge is 2.26. The van der Waals surface area contributed by atoms with Gasteiger partial charge in [-0.1, -0.05) is 5.92 Å². The average molecular weight is 208 g/mol. The fourth-order valence-electron chi connectivity index (χ4n) is 1.29. The van der Waals surface area contributed by atoms with Crippen LogP contribution >= 0.6 is 0 Å². The van der Waals surface area contributed by atoms with Crippen molar-refractivity contribution in [3.8, 4) is 12.3 Å². The summed E-state index contributed by atoms with van der Waals surface area (Å²) in [5, 5.41) is 2.48. The number of hydrogen-bond acceptors (Lipinski definition) is 2. The van der Waals surface area contributed by atoms with E-state index in [4.69, 9.17) is 6.42 Å². The minimum Gasteiger partial charge on any atom is -0.347 e. The molecule has 15 heavy (non-hydrogen) atoms. The zero-order chi connectivity index (χ0) is 11.3. The van der Waals surface area contributed by atoms with Crippen LogP contribution in [0.1, 0.15) is 19.8 Å². The lowest BCUT2D eigenvalue weighted by atomic mass is 10.3. The summed E-state index contributed by atoms with van der Waals surface area (Å²) in [5.41, 5.74) is 0. The zero-order valence-electron chi connectivity index (χ0n) is 8.95. The summed E-state index contributed by atoms with van der Waals surface area (Å²) < 4.78 is 0. The Morgan fingerprint density at radius 2 is 2.20 bits per heavy atom. The van der Waals surface area contributed by atoms with Crippen LogP contribution in [0.3, 0.4) is 0 Å². The highest BCUT2D eigenvalue weighted by molar-refractivity contribution is 5.83. The molecule has 1 aliphatic carbocycles. The van der Waals surface area contributed by atoms with Crippen LogP contribution in [-0.2, 0) is 9.59 Å². The van der Waals surface area contributed by atoms with E-state index in [1.807, 2.05) is 0 Å². The number of nitrogens with zero attached hydrogens (tertiary/aromatic N) is 1. The van der Waals surface area contributed by atoms with Gasteiger partial charge in [-0.05, 0) is 18.8 Å². The molecule has 1 rings (SSSR count). The molecule has 0 heterocycles. The van der Waals surface area contributed by atoms with Gasteiger partial charge in [-0.3, -0.25) is 9.59 Å². The van der Waals surface area contributed by atoms with Crippen LogP contribution in [0.15, 0.2) is 0 Å². The highest BCUT2D eigenvalue weighted by Crippen LogP contribution is 2.29. The van der Waals surface area contributed by atoms with Crippen LogP contribution in [0.4, 0.5) is 0 Å². The van der Waals surface area contributed by atoms with Gasteiger partial charge < -0.3 is 10.2 Å². The number of rotatable bonds is 5. The Morgan fingerprint density at radius 1 is 1.53 bits per heavy atom. The van der Waals surface area contributed by atoms with E-state index in [-0.39, 0.29) is 18.4 Å².